The maximum atomic E-state index is 11.9. The van der Waals surface area contributed by atoms with Gasteiger partial charge in [0.05, 0.1) is 11.8 Å². The first-order valence-corrected chi connectivity index (χ1v) is 10.5. The molecule has 0 bridgehead atoms. The van der Waals surface area contributed by atoms with Gasteiger partial charge in [-0.25, -0.2) is 10.9 Å². The van der Waals surface area contributed by atoms with E-state index < -0.39 is 0 Å². The van der Waals surface area contributed by atoms with Crippen molar-refractivity contribution in [2.24, 2.45) is 0 Å². The van der Waals surface area contributed by atoms with Gasteiger partial charge in [0.1, 0.15) is 5.50 Å². The molecule has 6 heteroatoms. The third-order valence-electron chi connectivity index (χ3n) is 4.42. The Morgan fingerprint density at radius 2 is 1.67 bits per heavy atom. The molecule has 144 valence electrons. The van der Waals surface area contributed by atoms with Crippen molar-refractivity contribution in [3.05, 3.63) is 66.2 Å². The molecule has 1 heterocycles. The quantitative estimate of drug-likeness (QED) is 0.473. The lowest BCUT2D eigenvalue weighted by molar-refractivity contribution is -0.120. The van der Waals surface area contributed by atoms with Crippen LogP contribution in [0.25, 0.3) is 0 Å². The Kier molecular flexibility index (Phi) is 8.02. The number of nitrogens with one attached hydrogen (secondary N) is 4. The molecule has 2 unspecified atom stereocenters. The minimum Gasteiger partial charge on any atom is -0.360 e. The number of hydrogen-bond donors (Lipinski definition) is 4. The van der Waals surface area contributed by atoms with Crippen LogP contribution >= 0.6 is 11.8 Å². The van der Waals surface area contributed by atoms with Crippen LogP contribution in [0.2, 0.25) is 0 Å². The second kappa shape index (κ2) is 11.0. The summed E-state index contributed by atoms with van der Waals surface area (Å²) in [6, 6.07) is 20.1. The standard InChI is InChI=1S/C21H28N4OS/c26-19(16-17-10-4-1-5-11-17)22-15-9-3-8-14-20-24-25-21(27-20)23-18-12-6-2-7-13-18/h1-2,4-7,10-13,20-21,23-25H,3,8-9,14-16H2,(H,22,26). The first kappa shape index (κ1) is 19.7. The van der Waals surface area contributed by atoms with E-state index >= 15 is 0 Å². The Hall–Kier alpha value is -2.02. The first-order valence-electron chi connectivity index (χ1n) is 9.58. The number of hydrogen-bond acceptors (Lipinski definition) is 5. The SMILES string of the molecule is O=C(Cc1ccccc1)NCCCCCC1NNC(Nc2ccccc2)S1. The largest absolute Gasteiger partial charge is 0.360 e. The maximum Gasteiger partial charge on any atom is 0.224 e. The summed E-state index contributed by atoms with van der Waals surface area (Å²) in [6.45, 7) is 0.757. The molecule has 0 aromatic heterocycles. The fraction of sp³-hybridized carbons (Fsp3) is 0.381. The molecular formula is C21H28N4OS. The maximum absolute atomic E-state index is 11.9. The molecule has 1 saturated heterocycles. The van der Waals surface area contributed by atoms with Crippen LogP contribution in [0, 0.1) is 0 Å². The summed E-state index contributed by atoms with van der Waals surface area (Å²) in [5, 5.41) is 6.88. The number of carbonyl (C=O) groups excluding carboxylic acids is 1. The molecule has 27 heavy (non-hydrogen) atoms. The molecule has 1 amide bonds. The Morgan fingerprint density at radius 3 is 2.44 bits per heavy atom. The minimum absolute atomic E-state index is 0.105. The van der Waals surface area contributed by atoms with Gasteiger partial charge < -0.3 is 10.6 Å². The van der Waals surface area contributed by atoms with Crippen molar-refractivity contribution in [1.82, 2.24) is 16.2 Å². The van der Waals surface area contributed by atoms with Crippen LogP contribution in [0.15, 0.2) is 60.7 Å². The molecular weight excluding hydrogens is 356 g/mol. The van der Waals surface area contributed by atoms with E-state index in [2.05, 4.69) is 33.6 Å². The number of hydrazine groups is 1. The number of rotatable bonds is 10. The molecule has 0 saturated carbocycles. The summed E-state index contributed by atoms with van der Waals surface area (Å²) in [4.78, 5) is 11.9. The minimum atomic E-state index is 0.105. The van der Waals surface area contributed by atoms with E-state index in [-0.39, 0.29) is 11.4 Å². The van der Waals surface area contributed by atoms with Crippen molar-refractivity contribution in [3.8, 4) is 0 Å². The number of carbonyl (C=O) groups is 1. The molecule has 0 aliphatic carbocycles. The van der Waals surface area contributed by atoms with E-state index in [4.69, 9.17) is 0 Å². The van der Waals surface area contributed by atoms with Gasteiger partial charge in [-0.05, 0) is 30.5 Å². The van der Waals surface area contributed by atoms with Crippen LogP contribution < -0.4 is 21.5 Å². The molecule has 2 aromatic carbocycles. The lowest BCUT2D eigenvalue weighted by atomic mass is 10.1. The molecule has 0 spiro atoms. The van der Waals surface area contributed by atoms with E-state index in [9.17, 15) is 4.79 Å². The highest BCUT2D eigenvalue weighted by Crippen LogP contribution is 2.24. The van der Waals surface area contributed by atoms with E-state index in [1.807, 2.05) is 60.3 Å². The van der Waals surface area contributed by atoms with Crippen molar-refractivity contribution in [2.75, 3.05) is 11.9 Å². The van der Waals surface area contributed by atoms with Gasteiger partial charge in [-0.15, -0.1) is 11.8 Å². The molecule has 5 nitrogen and oxygen atoms in total. The Balaban J connectivity index is 1.21. The average Bonchev–Trinajstić information content (AvgIpc) is 3.13. The smallest absolute Gasteiger partial charge is 0.224 e. The normalized spacial score (nSPS) is 19.0. The zero-order valence-electron chi connectivity index (χ0n) is 15.5. The summed E-state index contributed by atoms with van der Waals surface area (Å²) in [6.07, 6.45) is 4.88. The van der Waals surface area contributed by atoms with E-state index in [1.54, 1.807) is 0 Å². The lowest BCUT2D eigenvalue weighted by Crippen LogP contribution is -2.36. The Morgan fingerprint density at radius 1 is 0.926 bits per heavy atom. The fourth-order valence-electron chi connectivity index (χ4n) is 3.00. The van der Waals surface area contributed by atoms with Gasteiger partial charge in [0, 0.05) is 12.2 Å². The first-order chi connectivity index (χ1) is 13.3. The number of para-hydroxylation sites is 1. The number of thioether (sulfide) groups is 1. The highest BCUT2D eigenvalue weighted by molar-refractivity contribution is 8.00. The fourth-order valence-corrected chi connectivity index (χ4v) is 4.11. The lowest BCUT2D eigenvalue weighted by Gasteiger charge is -2.12. The summed E-state index contributed by atoms with van der Waals surface area (Å²) < 4.78 is 0. The summed E-state index contributed by atoms with van der Waals surface area (Å²) >= 11 is 1.87. The predicted molar refractivity (Wildman–Crippen MR) is 113 cm³/mol. The van der Waals surface area contributed by atoms with Crippen LogP contribution in [0.5, 0.6) is 0 Å². The molecule has 2 aromatic rings. The van der Waals surface area contributed by atoms with Crippen molar-refractivity contribution >= 4 is 23.4 Å². The third kappa shape index (κ3) is 7.25. The van der Waals surface area contributed by atoms with Gasteiger partial charge in [-0.3, -0.25) is 4.79 Å². The van der Waals surface area contributed by atoms with Crippen molar-refractivity contribution in [2.45, 2.75) is 43.0 Å². The van der Waals surface area contributed by atoms with Crippen molar-refractivity contribution in [3.63, 3.8) is 0 Å². The zero-order chi connectivity index (χ0) is 18.7. The van der Waals surface area contributed by atoms with Gasteiger partial charge in [0.15, 0.2) is 0 Å². The van der Waals surface area contributed by atoms with E-state index in [0.717, 1.165) is 43.5 Å². The zero-order valence-corrected chi connectivity index (χ0v) is 16.3. The molecule has 0 radical (unpaired) electrons. The molecule has 1 aliphatic heterocycles. The van der Waals surface area contributed by atoms with Crippen LogP contribution in [-0.4, -0.2) is 23.3 Å². The van der Waals surface area contributed by atoms with Gasteiger partial charge in [-0.2, -0.15) is 0 Å². The van der Waals surface area contributed by atoms with Crippen LogP contribution in [0.3, 0.4) is 0 Å². The highest BCUT2D eigenvalue weighted by Gasteiger charge is 2.23. The number of anilines is 1. The average molecular weight is 385 g/mol. The number of unbranched alkanes of at least 4 members (excludes halogenated alkanes) is 2. The second-order valence-corrected chi connectivity index (χ2v) is 7.98. The molecule has 4 N–H and O–H groups in total. The highest BCUT2D eigenvalue weighted by atomic mass is 32.2. The molecule has 1 fully saturated rings. The summed E-state index contributed by atoms with van der Waals surface area (Å²) in [5.41, 5.74) is 9.01. The van der Waals surface area contributed by atoms with Gasteiger partial charge in [-0.1, -0.05) is 61.4 Å². The van der Waals surface area contributed by atoms with E-state index in [1.165, 1.54) is 0 Å². The third-order valence-corrected chi connectivity index (χ3v) is 5.61. The molecule has 1 aliphatic rings. The molecule has 3 rings (SSSR count). The number of amides is 1. The van der Waals surface area contributed by atoms with Crippen LogP contribution in [-0.2, 0) is 11.2 Å². The van der Waals surface area contributed by atoms with Crippen LogP contribution in [0.1, 0.15) is 31.2 Å². The molecule has 2 atom stereocenters. The second-order valence-electron chi connectivity index (χ2n) is 6.67. The predicted octanol–water partition coefficient (Wildman–Crippen LogP) is 3.47. The van der Waals surface area contributed by atoms with Crippen molar-refractivity contribution < 1.29 is 4.79 Å². The van der Waals surface area contributed by atoms with Crippen molar-refractivity contribution in [1.29, 1.82) is 0 Å². The van der Waals surface area contributed by atoms with Gasteiger partial charge in [0.2, 0.25) is 5.91 Å². The number of benzene rings is 2. The van der Waals surface area contributed by atoms with E-state index in [0.29, 0.717) is 11.8 Å². The van der Waals surface area contributed by atoms with Crippen LogP contribution in [0.4, 0.5) is 5.69 Å². The topological polar surface area (TPSA) is 65.2 Å². The van der Waals surface area contributed by atoms with Gasteiger partial charge in [0.25, 0.3) is 0 Å². The Bertz CT molecular complexity index is 683. The summed E-state index contributed by atoms with van der Waals surface area (Å²) in [7, 11) is 0. The Labute approximate surface area is 165 Å². The monoisotopic (exact) mass is 384 g/mol. The van der Waals surface area contributed by atoms with Gasteiger partial charge >= 0.3 is 0 Å². The summed E-state index contributed by atoms with van der Waals surface area (Å²) in [5.74, 6) is 0.105.